The third kappa shape index (κ3) is 6.05. The third-order valence-corrected chi connectivity index (χ3v) is 6.40. The van der Waals surface area contributed by atoms with Gasteiger partial charge in [-0.3, -0.25) is 19.8 Å². The Hall–Kier alpha value is -3.59. The molecule has 2 N–H and O–H groups in total. The number of carbonyl (C=O) groups excluding carboxylic acids is 3. The quantitative estimate of drug-likeness (QED) is 0.593. The van der Waals surface area contributed by atoms with Gasteiger partial charge in [-0.25, -0.2) is 9.79 Å². The number of hydrogen-bond donors (Lipinski definition) is 2. The lowest BCUT2D eigenvalue weighted by molar-refractivity contribution is -0.123. The number of imide groups is 1. The van der Waals surface area contributed by atoms with Crippen LogP contribution in [0.15, 0.2) is 65.3 Å². The molecule has 1 aliphatic carbocycles. The van der Waals surface area contributed by atoms with E-state index in [-0.39, 0.29) is 17.6 Å². The molecular formula is C25H26N4O4S. The summed E-state index contributed by atoms with van der Waals surface area (Å²) in [6.45, 7) is 2.01. The number of ether oxygens (including phenoxy) is 1. The summed E-state index contributed by atoms with van der Waals surface area (Å²) in [5, 5.41) is 4.89. The predicted molar refractivity (Wildman–Crippen MR) is 132 cm³/mol. The molecule has 1 atom stereocenters. The highest BCUT2D eigenvalue weighted by atomic mass is 32.2. The van der Waals surface area contributed by atoms with Gasteiger partial charge >= 0.3 is 6.03 Å². The molecule has 0 aromatic heterocycles. The van der Waals surface area contributed by atoms with E-state index in [4.69, 9.17) is 4.74 Å². The highest BCUT2D eigenvalue weighted by Crippen LogP contribution is 2.28. The first-order chi connectivity index (χ1) is 16.4. The highest BCUT2D eigenvalue weighted by Gasteiger charge is 2.33. The Labute approximate surface area is 202 Å². The van der Waals surface area contributed by atoms with Crippen molar-refractivity contribution in [3.8, 4) is 5.75 Å². The Balaban J connectivity index is 1.52. The fourth-order valence-corrected chi connectivity index (χ4v) is 4.17. The molecule has 34 heavy (non-hydrogen) atoms. The maximum atomic E-state index is 13.2. The summed E-state index contributed by atoms with van der Waals surface area (Å²) >= 11 is 1.15. The van der Waals surface area contributed by atoms with Gasteiger partial charge in [0.2, 0.25) is 5.91 Å². The first-order valence-electron chi connectivity index (χ1n) is 11.0. The van der Waals surface area contributed by atoms with Gasteiger partial charge in [-0.05, 0) is 49.1 Å². The number of urea groups is 1. The zero-order valence-corrected chi connectivity index (χ0v) is 19.8. The second kappa shape index (κ2) is 10.6. The highest BCUT2D eigenvalue weighted by molar-refractivity contribution is 8.14. The van der Waals surface area contributed by atoms with Crippen LogP contribution in [0.5, 0.6) is 5.75 Å². The van der Waals surface area contributed by atoms with Crippen molar-refractivity contribution >= 4 is 40.9 Å². The lowest BCUT2D eigenvalue weighted by Crippen LogP contribution is -2.44. The van der Waals surface area contributed by atoms with E-state index >= 15 is 0 Å². The summed E-state index contributed by atoms with van der Waals surface area (Å²) in [7, 11) is 1.59. The van der Waals surface area contributed by atoms with Crippen LogP contribution in [0.4, 0.5) is 4.79 Å². The van der Waals surface area contributed by atoms with Gasteiger partial charge < -0.3 is 10.1 Å². The van der Waals surface area contributed by atoms with Crippen LogP contribution in [0.25, 0.3) is 6.08 Å². The van der Waals surface area contributed by atoms with Gasteiger partial charge in [0.15, 0.2) is 5.17 Å². The number of amidine groups is 1. The second-order valence-electron chi connectivity index (χ2n) is 8.07. The maximum Gasteiger partial charge on any atom is 0.321 e. The molecular weight excluding hydrogens is 452 g/mol. The predicted octanol–water partition coefficient (Wildman–Crippen LogP) is 3.54. The van der Waals surface area contributed by atoms with E-state index < -0.39 is 17.2 Å². The maximum absolute atomic E-state index is 13.2. The number of carbonyl (C=O) groups is 3. The molecule has 1 saturated carbocycles. The molecule has 0 radical (unpaired) electrons. The number of aliphatic imine (C=N–C) groups is 1. The van der Waals surface area contributed by atoms with E-state index in [0.717, 1.165) is 41.5 Å². The summed E-state index contributed by atoms with van der Waals surface area (Å²) in [6, 6.07) is 16.5. The number of nitrogens with one attached hydrogen (secondary N) is 2. The normalized spacial score (nSPS) is 17.4. The zero-order chi connectivity index (χ0) is 24.1. The van der Waals surface area contributed by atoms with Gasteiger partial charge in [0, 0.05) is 6.04 Å². The number of amides is 4. The van der Waals surface area contributed by atoms with Crippen molar-refractivity contribution in [1.29, 1.82) is 0 Å². The van der Waals surface area contributed by atoms with Crippen LogP contribution < -0.4 is 15.4 Å². The van der Waals surface area contributed by atoms with Gasteiger partial charge in [0.25, 0.3) is 5.91 Å². The van der Waals surface area contributed by atoms with Gasteiger partial charge in [-0.2, -0.15) is 0 Å². The Bertz CT molecular complexity index is 1130. The van der Waals surface area contributed by atoms with Crippen molar-refractivity contribution in [2.75, 3.05) is 7.11 Å². The molecule has 9 heteroatoms. The van der Waals surface area contributed by atoms with Gasteiger partial charge in [-0.1, -0.05) is 54.2 Å². The Morgan fingerprint density at radius 2 is 1.88 bits per heavy atom. The molecule has 8 nitrogen and oxygen atoms in total. The van der Waals surface area contributed by atoms with Crippen molar-refractivity contribution in [3.05, 3.63) is 71.4 Å². The molecule has 176 valence electrons. The molecule has 2 aliphatic rings. The molecule has 4 rings (SSSR count). The van der Waals surface area contributed by atoms with Crippen LogP contribution in [0.3, 0.4) is 0 Å². The zero-order valence-electron chi connectivity index (χ0n) is 19.0. The number of nitrogens with zero attached hydrogens (tertiary/aromatic N) is 2. The first-order valence-corrected chi connectivity index (χ1v) is 11.9. The largest absolute Gasteiger partial charge is 0.497 e. The van der Waals surface area contributed by atoms with E-state index in [1.54, 1.807) is 25.0 Å². The van der Waals surface area contributed by atoms with Crippen molar-refractivity contribution in [1.82, 2.24) is 15.5 Å². The first kappa shape index (κ1) is 23.6. The SMILES string of the molecule is COc1ccc(/C=C2\N=C(SC(C)C(=O)NC(=O)NC3CC3)N(Cc3ccccc3)C2=O)cc1. The van der Waals surface area contributed by atoms with Crippen molar-refractivity contribution < 1.29 is 19.1 Å². The van der Waals surface area contributed by atoms with Crippen molar-refractivity contribution in [3.63, 3.8) is 0 Å². The van der Waals surface area contributed by atoms with Crippen LogP contribution in [-0.2, 0) is 16.1 Å². The number of methoxy groups -OCH3 is 1. The lowest BCUT2D eigenvalue weighted by Gasteiger charge is -2.20. The van der Waals surface area contributed by atoms with E-state index in [9.17, 15) is 14.4 Å². The molecule has 0 bridgehead atoms. The van der Waals surface area contributed by atoms with E-state index in [1.165, 1.54) is 0 Å². The minimum Gasteiger partial charge on any atom is -0.497 e. The Morgan fingerprint density at radius 1 is 1.18 bits per heavy atom. The molecule has 1 heterocycles. The Morgan fingerprint density at radius 3 is 2.53 bits per heavy atom. The minimum atomic E-state index is -0.630. The van der Waals surface area contributed by atoms with Crippen LogP contribution in [0.2, 0.25) is 0 Å². The average Bonchev–Trinajstić information content (AvgIpc) is 3.61. The summed E-state index contributed by atoms with van der Waals surface area (Å²) in [4.78, 5) is 43.8. The summed E-state index contributed by atoms with van der Waals surface area (Å²) in [5.41, 5.74) is 2.03. The number of hydrogen-bond acceptors (Lipinski definition) is 6. The van der Waals surface area contributed by atoms with Crippen LogP contribution in [-0.4, -0.2) is 46.3 Å². The molecule has 2 aromatic rings. The fraction of sp³-hybridized carbons (Fsp3) is 0.280. The second-order valence-corrected chi connectivity index (χ2v) is 9.38. The monoisotopic (exact) mass is 478 g/mol. The summed E-state index contributed by atoms with van der Waals surface area (Å²) < 4.78 is 5.19. The lowest BCUT2D eigenvalue weighted by atomic mass is 10.1. The number of rotatable bonds is 7. The molecule has 0 spiro atoms. The van der Waals surface area contributed by atoms with Crippen LogP contribution in [0.1, 0.15) is 30.9 Å². The summed E-state index contributed by atoms with van der Waals surface area (Å²) in [5.74, 6) is 0.0303. The van der Waals surface area contributed by atoms with Gasteiger partial charge in [0.1, 0.15) is 11.4 Å². The van der Waals surface area contributed by atoms with Gasteiger partial charge in [0.05, 0.1) is 18.9 Å². The summed E-state index contributed by atoms with van der Waals surface area (Å²) in [6.07, 6.45) is 3.58. The Kier molecular flexibility index (Phi) is 7.32. The number of benzene rings is 2. The van der Waals surface area contributed by atoms with Crippen LogP contribution in [0, 0.1) is 0 Å². The van der Waals surface area contributed by atoms with Crippen molar-refractivity contribution in [2.45, 2.75) is 37.6 Å². The smallest absolute Gasteiger partial charge is 0.321 e. The van der Waals surface area contributed by atoms with Crippen molar-refractivity contribution in [2.24, 2.45) is 4.99 Å². The topological polar surface area (TPSA) is 100 Å². The molecule has 1 aliphatic heterocycles. The van der Waals surface area contributed by atoms with E-state index in [2.05, 4.69) is 15.6 Å². The number of thioether (sulfide) groups is 1. The average molecular weight is 479 g/mol. The fourth-order valence-electron chi connectivity index (χ4n) is 3.26. The van der Waals surface area contributed by atoms with Gasteiger partial charge in [-0.15, -0.1) is 0 Å². The molecule has 4 amide bonds. The van der Waals surface area contributed by atoms with E-state index in [0.29, 0.717) is 11.7 Å². The third-order valence-electron chi connectivity index (χ3n) is 5.31. The van der Waals surface area contributed by atoms with Crippen LogP contribution >= 0.6 is 11.8 Å². The molecule has 1 fully saturated rings. The molecule has 0 saturated heterocycles. The molecule has 2 aromatic carbocycles. The van der Waals surface area contributed by atoms with E-state index in [1.807, 2.05) is 54.6 Å². The minimum absolute atomic E-state index is 0.152. The molecule has 1 unspecified atom stereocenters. The standard InChI is InChI=1S/C25H26N4O4S/c1-16(22(30)28-24(32)26-19-10-11-19)34-25-27-21(14-17-8-12-20(33-2)13-9-17)23(31)29(25)15-18-6-4-3-5-7-18/h3-9,12-14,16,19H,10-11,15H2,1-2H3,(H2,26,28,30,32)/b21-14-.